The number of anilines is 3. The molecule has 1 fully saturated rings. The zero-order valence-corrected chi connectivity index (χ0v) is 16.9. The smallest absolute Gasteiger partial charge is 0.275 e. The summed E-state index contributed by atoms with van der Waals surface area (Å²) in [6.07, 6.45) is 3.42. The highest BCUT2D eigenvalue weighted by molar-refractivity contribution is 5.94. The Hall–Kier alpha value is -4.01. The van der Waals surface area contributed by atoms with E-state index in [1.165, 1.54) is 6.42 Å². The van der Waals surface area contributed by atoms with Crippen molar-refractivity contribution in [1.29, 1.82) is 0 Å². The average Bonchev–Trinajstić information content (AvgIpc) is 3.13. The van der Waals surface area contributed by atoms with Crippen LogP contribution in [0.1, 0.15) is 19.3 Å². The number of fused-ring (bicyclic) bond motifs is 1. The van der Waals surface area contributed by atoms with E-state index in [1.807, 2.05) is 54.6 Å². The highest BCUT2D eigenvalue weighted by Crippen LogP contribution is 2.36. The summed E-state index contributed by atoms with van der Waals surface area (Å²) >= 11 is 0. The Balaban J connectivity index is 1.51. The Labute approximate surface area is 178 Å². The van der Waals surface area contributed by atoms with Gasteiger partial charge in [-0.15, -0.1) is 10.2 Å². The average molecular weight is 414 g/mol. The summed E-state index contributed by atoms with van der Waals surface area (Å²) in [7, 11) is 0. The number of aromatic nitrogens is 4. The van der Waals surface area contributed by atoms with E-state index < -0.39 is 0 Å². The Kier molecular flexibility index (Phi) is 5.14. The van der Waals surface area contributed by atoms with Gasteiger partial charge < -0.3 is 20.3 Å². The van der Waals surface area contributed by atoms with Gasteiger partial charge in [0.1, 0.15) is 0 Å². The van der Waals surface area contributed by atoms with Crippen LogP contribution in [0.5, 0.6) is 5.88 Å². The van der Waals surface area contributed by atoms with E-state index in [9.17, 15) is 5.11 Å². The van der Waals surface area contributed by atoms with Gasteiger partial charge in [-0.25, -0.2) is 0 Å². The van der Waals surface area contributed by atoms with Crippen LogP contribution < -0.4 is 10.2 Å². The zero-order valence-electron chi connectivity index (χ0n) is 16.9. The molecule has 2 aromatic carbocycles. The van der Waals surface area contributed by atoms with Gasteiger partial charge in [-0.1, -0.05) is 36.4 Å². The molecule has 1 aliphatic heterocycles. The third kappa shape index (κ3) is 4.16. The molecule has 0 aliphatic carbocycles. The second-order valence-electron chi connectivity index (χ2n) is 7.37. The van der Waals surface area contributed by atoms with Gasteiger partial charge in [0, 0.05) is 24.2 Å². The fraction of sp³-hybridized carbons (Fsp3) is 0.227. The molecule has 0 spiro atoms. The molecule has 0 saturated carbocycles. The Morgan fingerprint density at radius 2 is 1.65 bits per heavy atom. The number of nitrogens with zero attached hydrogens (tertiary/aromatic N) is 6. The largest absolute Gasteiger partial charge is 0.493 e. The second-order valence-corrected chi connectivity index (χ2v) is 7.37. The minimum absolute atomic E-state index is 0.0436. The summed E-state index contributed by atoms with van der Waals surface area (Å²) in [4.78, 5) is 18.6. The molecule has 2 aromatic heterocycles. The van der Waals surface area contributed by atoms with Gasteiger partial charge >= 0.3 is 0 Å². The molecule has 31 heavy (non-hydrogen) atoms. The van der Waals surface area contributed by atoms with Gasteiger partial charge in [-0.3, -0.25) is 0 Å². The molecular weight excluding hydrogens is 392 g/mol. The zero-order chi connectivity index (χ0) is 21.0. The molecule has 0 atom stereocenters. The number of aromatic hydroxyl groups is 1. The summed E-state index contributed by atoms with van der Waals surface area (Å²) in [5, 5.41) is 22.7. The monoisotopic (exact) mass is 414 g/mol. The number of rotatable bonds is 5. The molecule has 9 heteroatoms. The normalized spacial score (nSPS) is 14.4. The number of azo groups is 1. The van der Waals surface area contributed by atoms with Crippen molar-refractivity contribution in [1.82, 2.24) is 19.9 Å². The lowest BCUT2D eigenvalue weighted by molar-refractivity contribution is 0.459. The third-order valence-corrected chi connectivity index (χ3v) is 5.18. The standard InChI is InChI=1S/C22H22N8O/c31-19-18(16-11-5-6-12-17(16)24-19)28-29-21-25-20(23-15-9-3-1-4-10-15)26-22(27-21)30-13-7-2-8-14-30/h1,3-6,9-12,24,31H,2,7-8,13-14H2,(H,23,25,26,27). The van der Waals surface area contributed by atoms with E-state index in [0.29, 0.717) is 17.6 Å². The topological polar surface area (TPSA) is 115 Å². The van der Waals surface area contributed by atoms with Crippen LogP contribution in [0.4, 0.5) is 29.2 Å². The van der Waals surface area contributed by atoms with Crippen molar-refractivity contribution in [3.8, 4) is 5.88 Å². The van der Waals surface area contributed by atoms with Crippen LogP contribution >= 0.6 is 0 Å². The molecule has 0 unspecified atom stereocenters. The molecule has 0 radical (unpaired) electrons. The summed E-state index contributed by atoms with van der Waals surface area (Å²) in [6.45, 7) is 1.79. The molecule has 1 aliphatic rings. The number of benzene rings is 2. The quantitative estimate of drug-likeness (QED) is 0.386. The van der Waals surface area contributed by atoms with Gasteiger partial charge in [-0.05, 0) is 37.5 Å². The van der Waals surface area contributed by atoms with Crippen molar-refractivity contribution >= 4 is 40.1 Å². The first kappa shape index (κ1) is 19.0. The van der Waals surface area contributed by atoms with E-state index in [2.05, 4.69) is 40.4 Å². The minimum atomic E-state index is -0.0436. The van der Waals surface area contributed by atoms with Gasteiger partial charge in [0.05, 0.1) is 5.52 Å². The number of aromatic amines is 1. The Morgan fingerprint density at radius 1 is 0.871 bits per heavy atom. The number of para-hydroxylation sites is 2. The number of hydrogen-bond donors (Lipinski definition) is 3. The number of hydrogen-bond acceptors (Lipinski definition) is 8. The van der Waals surface area contributed by atoms with E-state index in [0.717, 1.165) is 42.5 Å². The summed E-state index contributed by atoms with van der Waals surface area (Å²) in [5.41, 5.74) is 2.01. The van der Waals surface area contributed by atoms with E-state index in [1.54, 1.807) is 0 Å². The Bertz CT molecular complexity index is 1210. The van der Waals surface area contributed by atoms with Gasteiger partial charge in [-0.2, -0.15) is 15.0 Å². The van der Waals surface area contributed by atoms with Crippen LogP contribution in [-0.4, -0.2) is 38.1 Å². The van der Waals surface area contributed by atoms with E-state index >= 15 is 0 Å². The first-order valence-electron chi connectivity index (χ1n) is 10.3. The van der Waals surface area contributed by atoms with Crippen molar-refractivity contribution in [2.75, 3.05) is 23.3 Å². The molecular formula is C22H22N8O. The predicted molar refractivity (Wildman–Crippen MR) is 120 cm³/mol. The number of H-pyrrole nitrogens is 1. The minimum Gasteiger partial charge on any atom is -0.493 e. The first-order valence-corrected chi connectivity index (χ1v) is 10.3. The maximum Gasteiger partial charge on any atom is 0.275 e. The molecule has 3 heterocycles. The number of piperidine rings is 1. The van der Waals surface area contributed by atoms with Crippen LogP contribution in [0.3, 0.4) is 0 Å². The second kappa shape index (κ2) is 8.39. The molecule has 0 amide bonds. The fourth-order valence-corrected chi connectivity index (χ4v) is 3.65. The molecule has 4 aromatic rings. The van der Waals surface area contributed by atoms with Crippen molar-refractivity contribution in [2.24, 2.45) is 10.2 Å². The van der Waals surface area contributed by atoms with E-state index in [-0.39, 0.29) is 11.8 Å². The first-order chi connectivity index (χ1) is 15.3. The number of nitrogens with one attached hydrogen (secondary N) is 2. The highest BCUT2D eigenvalue weighted by Gasteiger charge is 2.17. The summed E-state index contributed by atoms with van der Waals surface area (Å²) in [6, 6.07) is 17.2. The molecule has 5 rings (SSSR count). The molecule has 0 bridgehead atoms. The Morgan fingerprint density at radius 3 is 2.48 bits per heavy atom. The van der Waals surface area contributed by atoms with Crippen LogP contribution in [0.2, 0.25) is 0 Å². The molecule has 9 nitrogen and oxygen atoms in total. The van der Waals surface area contributed by atoms with Crippen LogP contribution in [0, 0.1) is 0 Å². The van der Waals surface area contributed by atoms with Crippen molar-refractivity contribution in [2.45, 2.75) is 19.3 Å². The lowest BCUT2D eigenvalue weighted by Crippen LogP contribution is -2.31. The van der Waals surface area contributed by atoms with Crippen molar-refractivity contribution in [3.05, 3.63) is 54.6 Å². The molecule has 156 valence electrons. The summed E-state index contributed by atoms with van der Waals surface area (Å²) < 4.78 is 0. The fourth-order valence-electron chi connectivity index (χ4n) is 3.65. The van der Waals surface area contributed by atoms with Gasteiger partial charge in [0.25, 0.3) is 5.95 Å². The molecule has 1 saturated heterocycles. The van der Waals surface area contributed by atoms with Crippen LogP contribution in [-0.2, 0) is 0 Å². The van der Waals surface area contributed by atoms with Crippen molar-refractivity contribution in [3.63, 3.8) is 0 Å². The van der Waals surface area contributed by atoms with Crippen molar-refractivity contribution < 1.29 is 5.11 Å². The lowest BCUT2D eigenvalue weighted by Gasteiger charge is -2.26. The van der Waals surface area contributed by atoms with Crippen LogP contribution in [0.15, 0.2) is 64.8 Å². The van der Waals surface area contributed by atoms with Gasteiger partial charge in [0.2, 0.25) is 17.8 Å². The van der Waals surface area contributed by atoms with Gasteiger partial charge in [0.15, 0.2) is 5.69 Å². The summed E-state index contributed by atoms with van der Waals surface area (Å²) in [5.74, 6) is 1.11. The maximum absolute atomic E-state index is 10.2. The highest BCUT2D eigenvalue weighted by atomic mass is 16.3. The lowest BCUT2D eigenvalue weighted by atomic mass is 10.1. The molecule has 3 N–H and O–H groups in total. The third-order valence-electron chi connectivity index (χ3n) is 5.18. The maximum atomic E-state index is 10.2. The SMILES string of the molecule is Oc1[nH]c2ccccc2c1N=Nc1nc(Nc2ccccc2)nc(N2CCCCC2)n1. The van der Waals surface area contributed by atoms with Crippen LogP contribution in [0.25, 0.3) is 10.9 Å². The predicted octanol–water partition coefficient (Wildman–Crippen LogP) is 5.21. The van der Waals surface area contributed by atoms with E-state index in [4.69, 9.17) is 0 Å².